The van der Waals surface area contributed by atoms with Gasteiger partial charge >= 0.3 is 6.18 Å². The van der Waals surface area contributed by atoms with E-state index in [1.807, 2.05) is 30.3 Å². The fourth-order valence-corrected chi connectivity index (χ4v) is 3.95. The lowest BCUT2D eigenvalue weighted by Gasteiger charge is -2.07. The van der Waals surface area contributed by atoms with Gasteiger partial charge in [0.15, 0.2) is 0 Å². The van der Waals surface area contributed by atoms with Crippen molar-refractivity contribution in [3.63, 3.8) is 0 Å². The summed E-state index contributed by atoms with van der Waals surface area (Å²) in [5, 5.41) is 2.34. The SMILES string of the molecule is FC(F)(F)c1ccc(-c2ccc(-c3cccc4ccccc34)s2)cc1. The normalized spacial score (nSPS) is 11.8. The van der Waals surface area contributed by atoms with Crippen LogP contribution < -0.4 is 0 Å². The van der Waals surface area contributed by atoms with E-state index in [4.69, 9.17) is 0 Å². The quantitative estimate of drug-likeness (QED) is 0.355. The van der Waals surface area contributed by atoms with Crippen LogP contribution >= 0.6 is 11.3 Å². The van der Waals surface area contributed by atoms with E-state index in [1.54, 1.807) is 11.3 Å². The number of fused-ring (bicyclic) bond motifs is 1. The van der Waals surface area contributed by atoms with Crippen LogP contribution in [0.2, 0.25) is 0 Å². The zero-order valence-corrected chi connectivity index (χ0v) is 13.9. The number of halogens is 3. The van der Waals surface area contributed by atoms with E-state index in [0.717, 1.165) is 33.0 Å². The highest BCUT2D eigenvalue weighted by molar-refractivity contribution is 7.18. The van der Waals surface area contributed by atoms with Gasteiger partial charge in [0.1, 0.15) is 0 Å². The van der Waals surface area contributed by atoms with Crippen molar-refractivity contribution in [1.82, 2.24) is 0 Å². The minimum absolute atomic E-state index is 0.623. The van der Waals surface area contributed by atoms with Crippen molar-refractivity contribution in [1.29, 1.82) is 0 Å². The summed E-state index contributed by atoms with van der Waals surface area (Å²) in [7, 11) is 0. The van der Waals surface area contributed by atoms with E-state index in [-0.39, 0.29) is 0 Å². The largest absolute Gasteiger partial charge is 0.416 e. The molecule has 0 aliphatic carbocycles. The maximum absolute atomic E-state index is 12.7. The molecule has 0 unspecified atom stereocenters. The van der Waals surface area contributed by atoms with Crippen molar-refractivity contribution in [2.75, 3.05) is 0 Å². The molecule has 0 radical (unpaired) electrons. The Balaban J connectivity index is 1.73. The molecule has 0 N–H and O–H groups in total. The molecule has 4 heteroatoms. The van der Waals surface area contributed by atoms with Gasteiger partial charge < -0.3 is 0 Å². The van der Waals surface area contributed by atoms with Crippen LogP contribution in [-0.2, 0) is 6.18 Å². The minimum atomic E-state index is -4.30. The molecule has 0 fully saturated rings. The number of benzene rings is 3. The topological polar surface area (TPSA) is 0 Å². The summed E-state index contributed by atoms with van der Waals surface area (Å²) < 4.78 is 38.1. The van der Waals surface area contributed by atoms with Crippen LogP contribution in [0.5, 0.6) is 0 Å². The molecule has 0 amide bonds. The predicted molar refractivity (Wildman–Crippen MR) is 97.7 cm³/mol. The van der Waals surface area contributed by atoms with Crippen LogP contribution in [0.3, 0.4) is 0 Å². The molecule has 4 rings (SSSR count). The summed E-state index contributed by atoms with van der Waals surface area (Å²) in [6.45, 7) is 0. The average molecular weight is 354 g/mol. The van der Waals surface area contributed by atoms with Gasteiger partial charge in [0.2, 0.25) is 0 Å². The van der Waals surface area contributed by atoms with Crippen molar-refractivity contribution in [3.05, 3.63) is 84.4 Å². The molecule has 0 aliphatic heterocycles. The first-order valence-corrected chi connectivity index (χ1v) is 8.60. The van der Waals surface area contributed by atoms with Crippen LogP contribution in [0.15, 0.2) is 78.9 Å². The summed E-state index contributed by atoms with van der Waals surface area (Å²) in [4.78, 5) is 2.06. The lowest BCUT2D eigenvalue weighted by molar-refractivity contribution is -0.137. The first-order chi connectivity index (χ1) is 12.0. The predicted octanol–water partition coefficient (Wildman–Crippen LogP) is 7.25. The molecule has 25 heavy (non-hydrogen) atoms. The van der Waals surface area contributed by atoms with E-state index < -0.39 is 11.7 Å². The fraction of sp³-hybridized carbons (Fsp3) is 0.0476. The molecule has 1 aromatic heterocycles. The Hall–Kier alpha value is -2.59. The first-order valence-electron chi connectivity index (χ1n) is 7.78. The molecule has 0 spiro atoms. The molecular formula is C21H13F3S. The lowest BCUT2D eigenvalue weighted by Crippen LogP contribution is -2.03. The second-order valence-electron chi connectivity index (χ2n) is 5.77. The van der Waals surface area contributed by atoms with Gasteiger partial charge in [-0.05, 0) is 46.2 Å². The fourth-order valence-electron chi connectivity index (χ4n) is 2.90. The maximum atomic E-state index is 12.7. The van der Waals surface area contributed by atoms with Crippen molar-refractivity contribution >= 4 is 22.1 Å². The van der Waals surface area contributed by atoms with Gasteiger partial charge in [-0.25, -0.2) is 0 Å². The van der Waals surface area contributed by atoms with Gasteiger partial charge in [-0.2, -0.15) is 13.2 Å². The third-order valence-electron chi connectivity index (χ3n) is 4.16. The van der Waals surface area contributed by atoms with Crippen molar-refractivity contribution < 1.29 is 13.2 Å². The van der Waals surface area contributed by atoms with Crippen LogP contribution in [0, 0.1) is 0 Å². The molecule has 1 heterocycles. The third-order valence-corrected chi connectivity index (χ3v) is 5.33. The zero-order valence-electron chi connectivity index (χ0n) is 13.0. The Morgan fingerprint density at radius 3 is 2.08 bits per heavy atom. The maximum Gasteiger partial charge on any atom is 0.416 e. The number of rotatable bonds is 2. The molecule has 3 aromatic carbocycles. The second kappa shape index (κ2) is 6.05. The molecule has 0 saturated carbocycles. The summed E-state index contributed by atoms with van der Waals surface area (Å²) >= 11 is 1.59. The lowest BCUT2D eigenvalue weighted by atomic mass is 10.0. The Kier molecular flexibility index (Phi) is 3.85. The zero-order chi connectivity index (χ0) is 17.4. The Bertz CT molecular complexity index is 1020. The minimum Gasteiger partial charge on any atom is -0.166 e. The highest BCUT2D eigenvalue weighted by Crippen LogP contribution is 2.38. The van der Waals surface area contributed by atoms with Crippen LogP contribution in [-0.4, -0.2) is 0 Å². The van der Waals surface area contributed by atoms with E-state index in [0.29, 0.717) is 0 Å². The molecule has 4 aromatic rings. The van der Waals surface area contributed by atoms with Gasteiger partial charge in [-0.1, -0.05) is 54.6 Å². The highest BCUT2D eigenvalue weighted by Gasteiger charge is 2.30. The van der Waals surface area contributed by atoms with Crippen LogP contribution in [0.1, 0.15) is 5.56 Å². The van der Waals surface area contributed by atoms with Crippen molar-refractivity contribution in [2.24, 2.45) is 0 Å². The summed E-state index contributed by atoms with van der Waals surface area (Å²) in [5.41, 5.74) is 1.31. The van der Waals surface area contributed by atoms with Crippen LogP contribution in [0.25, 0.3) is 31.7 Å². The Morgan fingerprint density at radius 1 is 0.640 bits per heavy atom. The summed E-state index contributed by atoms with van der Waals surface area (Å²) in [5.74, 6) is 0. The molecule has 0 nitrogen and oxygen atoms in total. The summed E-state index contributed by atoms with van der Waals surface area (Å²) in [6.07, 6.45) is -4.30. The number of hydrogen-bond donors (Lipinski definition) is 0. The summed E-state index contributed by atoms with van der Waals surface area (Å²) in [6, 6.07) is 23.7. The molecule has 124 valence electrons. The van der Waals surface area contributed by atoms with Crippen molar-refractivity contribution in [3.8, 4) is 20.9 Å². The Labute approximate surface area is 147 Å². The molecule has 0 saturated heterocycles. The number of alkyl halides is 3. The molecular weight excluding hydrogens is 341 g/mol. The molecule has 0 bridgehead atoms. The molecule has 0 aliphatic rings. The van der Waals surface area contributed by atoms with E-state index in [9.17, 15) is 13.2 Å². The van der Waals surface area contributed by atoms with E-state index >= 15 is 0 Å². The smallest absolute Gasteiger partial charge is 0.166 e. The van der Waals surface area contributed by atoms with Gasteiger partial charge in [0.25, 0.3) is 0 Å². The van der Waals surface area contributed by atoms with Gasteiger partial charge in [-0.15, -0.1) is 11.3 Å². The van der Waals surface area contributed by atoms with Gasteiger partial charge in [0, 0.05) is 9.75 Å². The third kappa shape index (κ3) is 3.05. The highest BCUT2D eigenvalue weighted by atomic mass is 32.1. The number of hydrogen-bond acceptors (Lipinski definition) is 1. The van der Waals surface area contributed by atoms with Crippen LogP contribution in [0.4, 0.5) is 13.2 Å². The first kappa shape index (κ1) is 15.9. The van der Waals surface area contributed by atoms with E-state index in [1.165, 1.54) is 22.9 Å². The second-order valence-corrected chi connectivity index (χ2v) is 6.85. The van der Waals surface area contributed by atoms with E-state index in [2.05, 4.69) is 24.3 Å². The molecule has 0 atom stereocenters. The number of thiophene rings is 1. The van der Waals surface area contributed by atoms with Gasteiger partial charge in [0.05, 0.1) is 5.56 Å². The monoisotopic (exact) mass is 354 g/mol. The average Bonchev–Trinajstić information content (AvgIpc) is 3.10. The van der Waals surface area contributed by atoms with Crippen molar-refractivity contribution in [2.45, 2.75) is 6.18 Å². The Morgan fingerprint density at radius 2 is 1.32 bits per heavy atom. The standard InChI is InChI=1S/C21H13F3S/c22-21(23,24)16-10-8-15(9-11-16)19-12-13-20(25-19)18-7-3-5-14-4-1-2-6-17(14)18/h1-13H. The van der Waals surface area contributed by atoms with Gasteiger partial charge in [-0.3, -0.25) is 0 Å².